The molecule has 4 aliphatic heterocycles. The third-order valence-corrected chi connectivity index (χ3v) is 5.98. The van der Waals surface area contributed by atoms with Crippen LogP contribution < -0.4 is 10.6 Å². The molecule has 0 aromatic rings. The van der Waals surface area contributed by atoms with Gasteiger partial charge < -0.3 is 19.7 Å². The highest BCUT2D eigenvalue weighted by Crippen LogP contribution is 2.34. The van der Waals surface area contributed by atoms with Gasteiger partial charge in [0.25, 0.3) is 0 Å². The van der Waals surface area contributed by atoms with Crippen LogP contribution in [0.4, 0.5) is 0 Å². The molecule has 4 heterocycles. The van der Waals surface area contributed by atoms with Gasteiger partial charge in [-0.15, -0.1) is 0 Å². The molecule has 2 fully saturated rings. The minimum atomic E-state index is -0.367. The van der Waals surface area contributed by atoms with Crippen LogP contribution in [0.2, 0.25) is 0 Å². The normalized spacial score (nSPS) is 42.6. The molecule has 4 rings (SSSR count). The molecule has 7 nitrogen and oxygen atoms in total. The van der Waals surface area contributed by atoms with E-state index in [1.54, 1.807) is 0 Å². The number of rotatable bonds is 2. The fraction of sp³-hybridized carbons (Fsp3) is 0.941. The smallest absolute Gasteiger partial charge is 0.350 e. The van der Waals surface area contributed by atoms with Crippen LogP contribution in [0, 0.1) is 0 Å². The van der Waals surface area contributed by atoms with Crippen molar-refractivity contribution in [3.63, 3.8) is 0 Å². The average Bonchev–Trinajstić information content (AvgIpc) is 2.61. The highest BCUT2D eigenvalue weighted by Gasteiger charge is 2.50. The van der Waals surface area contributed by atoms with Crippen LogP contribution in [-0.2, 0) is 9.47 Å². The second kappa shape index (κ2) is 6.44. The van der Waals surface area contributed by atoms with Crippen molar-refractivity contribution in [3.05, 3.63) is 0 Å². The lowest BCUT2D eigenvalue weighted by Gasteiger charge is -2.47. The Bertz CT molecular complexity index is 472. The van der Waals surface area contributed by atoms with E-state index in [2.05, 4.69) is 15.2 Å². The second-order valence-electron chi connectivity index (χ2n) is 7.70. The van der Waals surface area contributed by atoms with Crippen molar-refractivity contribution in [1.29, 1.82) is 0 Å². The molecule has 0 aromatic heterocycles. The molecular weight excluding hydrogens is 310 g/mol. The van der Waals surface area contributed by atoms with Gasteiger partial charge in [-0.2, -0.15) is 0 Å². The first-order chi connectivity index (χ1) is 11.7. The average molecular weight is 340 g/mol. The topological polar surface area (TPSA) is 86.0 Å². The van der Waals surface area contributed by atoms with E-state index < -0.39 is 0 Å². The summed E-state index contributed by atoms with van der Waals surface area (Å²) < 4.78 is 14.7. The number of nitrogens with zero attached hydrogens (tertiary/aromatic N) is 1. The molecule has 4 aliphatic rings. The van der Waals surface area contributed by atoms with Crippen molar-refractivity contribution in [2.75, 3.05) is 26.3 Å². The molecule has 2 saturated heterocycles. The molecule has 0 unspecified atom stereocenters. The second-order valence-corrected chi connectivity index (χ2v) is 7.70. The minimum absolute atomic E-state index is 0.0688. The van der Waals surface area contributed by atoms with Gasteiger partial charge in [0.2, 0.25) is 0 Å². The van der Waals surface area contributed by atoms with Gasteiger partial charge in [0.05, 0.1) is 38.5 Å². The first-order valence-electron chi connectivity index (χ1n) is 9.42. The summed E-state index contributed by atoms with van der Waals surface area (Å²) in [7, 11) is 0. The number of guanidine groups is 1. The lowest BCUT2D eigenvalue weighted by molar-refractivity contribution is -0.554. The standard InChI is InChI=1S/C17H29N3O4/c21-11-13-3-1-5-16(23-13)7-9-20-10-8-17(19-15(20)18-16)6-2-4-14(12-22)24-17/h13-14,21-22H,1-12H2,(H,18,19)/p+1/t13-,14-,16-,17+/m0/s1. The zero-order valence-electron chi connectivity index (χ0n) is 14.3. The Labute approximate surface area is 143 Å². The van der Waals surface area contributed by atoms with Crippen molar-refractivity contribution in [2.45, 2.75) is 75.0 Å². The van der Waals surface area contributed by atoms with Crippen molar-refractivity contribution in [3.8, 4) is 0 Å². The highest BCUT2D eigenvalue weighted by molar-refractivity contribution is 5.77. The van der Waals surface area contributed by atoms with E-state index in [4.69, 9.17) is 9.47 Å². The Morgan fingerprint density at radius 3 is 1.83 bits per heavy atom. The van der Waals surface area contributed by atoms with Crippen LogP contribution in [0.1, 0.15) is 51.4 Å². The molecule has 7 heteroatoms. The summed E-state index contributed by atoms with van der Waals surface area (Å²) in [6.07, 6.45) is 7.66. The predicted molar refractivity (Wildman–Crippen MR) is 87.6 cm³/mol. The summed E-state index contributed by atoms with van der Waals surface area (Å²) in [5.41, 5.74) is -0.734. The van der Waals surface area contributed by atoms with Crippen molar-refractivity contribution < 1.29 is 24.3 Å². The van der Waals surface area contributed by atoms with Gasteiger partial charge in [-0.25, -0.2) is 10.6 Å². The SMILES string of the molecule is OC[C@@H]1CCC[C@@]2(CC[N+]3=C(N2)N[C@@]2(CCC[C@@H](CO)O2)CC3)O1. The number of nitrogens with one attached hydrogen (secondary N) is 2. The summed E-state index contributed by atoms with van der Waals surface area (Å²) in [6.45, 7) is 2.07. The maximum atomic E-state index is 9.46. The van der Waals surface area contributed by atoms with Crippen molar-refractivity contribution >= 4 is 5.96 Å². The quantitative estimate of drug-likeness (QED) is 0.524. The third kappa shape index (κ3) is 3.03. The van der Waals surface area contributed by atoms with E-state index >= 15 is 0 Å². The van der Waals surface area contributed by atoms with E-state index in [1.165, 1.54) is 0 Å². The maximum Gasteiger partial charge on any atom is 0.350 e. The molecule has 4 atom stereocenters. The Balaban J connectivity index is 1.49. The van der Waals surface area contributed by atoms with Crippen LogP contribution in [0.15, 0.2) is 0 Å². The summed E-state index contributed by atoms with van der Waals surface area (Å²) in [4.78, 5) is 0. The van der Waals surface area contributed by atoms with Crippen LogP contribution in [0.25, 0.3) is 0 Å². The maximum absolute atomic E-state index is 9.46. The monoisotopic (exact) mass is 340 g/mol. The molecule has 0 saturated carbocycles. The highest BCUT2D eigenvalue weighted by atomic mass is 16.5. The van der Waals surface area contributed by atoms with Gasteiger partial charge >= 0.3 is 5.96 Å². The molecule has 0 aliphatic carbocycles. The number of hydrogen-bond donors (Lipinski definition) is 4. The van der Waals surface area contributed by atoms with Gasteiger partial charge in [0.1, 0.15) is 0 Å². The lowest BCUT2D eigenvalue weighted by Crippen LogP contribution is -2.71. The predicted octanol–water partition coefficient (Wildman–Crippen LogP) is -0.143. The molecular formula is C17H30N3O4+. The van der Waals surface area contributed by atoms with Crippen LogP contribution in [0.5, 0.6) is 0 Å². The lowest BCUT2D eigenvalue weighted by atomic mass is 9.92. The zero-order chi connectivity index (χ0) is 16.6. The van der Waals surface area contributed by atoms with Crippen molar-refractivity contribution in [1.82, 2.24) is 10.6 Å². The van der Waals surface area contributed by atoms with E-state index in [0.717, 1.165) is 70.4 Å². The third-order valence-electron chi connectivity index (χ3n) is 5.98. The van der Waals surface area contributed by atoms with Gasteiger partial charge in [0, 0.05) is 25.7 Å². The summed E-state index contributed by atoms with van der Waals surface area (Å²) in [6, 6.07) is 0. The fourth-order valence-electron chi connectivity index (χ4n) is 4.63. The molecule has 0 radical (unpaired) electrons. The first-order valence-corrected chi connectivity index (χ1v) is 9.42. The van der Waals surface area contributed by atoms with Gasteiger partial charge in [-0.1, -0.05) is 0 Å². The largest absolute Gasteiger partial charge is 0.394 e. The Morgan fingerprint density at radius 1 is 0.875 bits per heavy atom. The molecule has 2 spiro atoms. The molecule has 136 valence electrons. The Kier molecular flexibility index (Phi) is 4.45. The Morgan fingerprint density at radius 2 is 1.38 bits per heavy atom. The van der Waals surface area contributed by atoms with Crippen molar-refractivity contribution in [2.24, 2.45) is 0 Å². The van der Waals surface area contributed by atoms with E-state index in [-0.39, 0.29) is 36.9 Å². The molecule has 4 N–H and O–H groups in total. The summed E-state index contributed by atoms with van der Waals surface area (Å²) in [5.74, 6) is 0.990. The van der Waals surface area contributed by atoms with E-state index in [9.17, 15) is 10.2 Å². The number of aliphatic hydroxyl groups excluding tert-OH is 2. The molecule has 24 heavy (non-hydrogen) atoms. The number of ether oxygens (including phenoxy) is 2. The minimum Gasteiger partial charge on any atom is -0.394 e. The summed E-state index contributed by atoms with van der Waals surface area (Å²) in [5, 5.41) is 26.1. The van der Waals surface area contributed by atoms with Crippen LogP contribution in [-0.4, -0.2) is 70.7 Å². The van der Waals surface area contributed by atoms with Gasteiger partial charge in [0.15, 0.2) is 11.4 Å². The number of aliphatic hydroxyl groups is 2. The fourth-order valence-corrected chi connectivity index (χ4v) is 4.63. The van der Waals surface area contributed by atoms with Crippen LogP contribution >= 0.6 is 0 Å². The van der Waals surface area contributed by atoms with Gasteiger partial charge in [-0.3, -0.25) is 4.58 Å². The van der Waals surface area contributed by atoms with Gasteiger partial charge in [-0.05, 0) is 25.7 Å². The zero-order valence-corrected chi connectivity index (χ0v) is 14.3. The van der Waals surface area contributed by atoms with E-state index in [1.807, 2.05) is 0 Å². The summed E-state index contributed by atoms with van der Waals surface area (Å²) >= 11 is 0. The molecule has 0 amide bonds. The molecule has 0 aromatic carbocycles. The Hall–Kier alpha value is -0.890. The van der Waals surface area contributed by atoms with E-state index in [0.29, 0.717) is 0 Å². The molecule has 0 bridgehead atoms. The number of hydrogen-bond acceptors (Lipinski definition) is 6. The first kappa shape index (κ1) is 16.6. The van der Waals surface area contributed by atoms with Crippen LogP contribution in [0.3, 0.4) is 0 Å².